The quantitative estimate of drug-likeness (QED) is 0.605. The number of hydrogen-bond acceptors (Lipinski definition) is 6. The van der Waals surface area contributed by atoms with Crippen LogP contribution in [-0.4, -0.2) is 38.7 Å². The van der Waals surface area contributed by atoms with Crippen LogP contribution in [0.5, 0.6) is 0 Å². The van der Waals surface area contributed by atoms with Crippen molar-refractivity contribution in [3.05, 3.63) is 20.8 Å². The first-order valence-corrected chi connectivity index (χ1v) is 11.6. The third kappa shape index (κ3) is 4.11. The number of nitrogens with zero attached hydrogens (tertiary/aromatic N) is 2. The predicted octanol–water partition coefficient (Wildman–Crippen LogP) is 3.62. The first-order valence-electron chi connectivity index (χ1n) is 9.83. The summed E-state index contributed by atoms with van der Waals surface area (Å²) in [4.78, 5) is 20.6. The normalized spacial score (nSPS) is 23.1. The van der Waals surface area contributed by atoms with Gasteiger partial charge in [0, 0.05) is 17.2 Å². The van der Waals surface area contributed by atoms with Gasteiger partial charge < -0.3 is 9.84 Å². The summed E-state index contributed by atoms with van der Waals surface area (Å²) in [6, 6.07) is 0. The molecule has 148 valence electrons. The number of thioether (sulfide) groups is 1. The summed E-state index contributed by atoms with van der Waals surface area (Å²) in [6.07, 6.45) is 5.28. The third-order valence-corrected chi connectivity index (χ3v) is 7.91. The van der Waals surface area contributed by atoms with Crippen molar-refractivity contribution in [2.75, 3.05) is 12.4 Å². The molecule has 2 unspecified atom stereocenters. The second kappa shape index (κ2) is 7.50. The monoisotopic (exact) mass is 408 g/mol. The lowest BCUT2D eigenvalue weighted by Crippen LogP contribution is -2.30. The Morgan fingerprint density at radius 3 is 2.93 bits per heavy atom. The average Bonchev–Trinajstić information content (AvgIpc) is 3.21. The van der Waals surface area contributed by atoms with Crippen molar-refractivity contribution < 1.29 is 9.84 Å². The van der Waals surface area contributed by atoms with E-state index in [0.717, 1.165) is 48.9 Å². The number of fused-ring (bicyclic) bond motifs is 3. The van der Waals surface area contributed by atoms with E-state index in [1.54, 1.807) is 29.8 Å². The van der Waals surface area contributed by atoms with Gasteiger partial charge in [-0.25, -0.2) is 4.98 Å². The van der Waals surface area contributed by atoms with Crippen molar-refractivity contribution in [2.24, 2.45) is 5.92 Å². The molecule has 2 aromatic heterocycles. The molecule has 0 aromatic carbocycles. The van der Waals surface area contributed by atoms with Crippen molar-refractivity contribution >= 4 is 33.3 Å². The molecule has 1 N–H and O–H groups in total. The Morgan fingerprint density at radius 1 is 1.41 bits per heavy atom. The number of hydrogen-bond donors (Lipinski definition) is 1. The molecule has 5 nitrogen and oxygen atoms in total. The van der Waals surface area contributed by atoms with E-state index in [0.29, 0.717) is 23.4 Å². The first kappa shape index (κ1) is 19.4. The van der Waals surface area contributed by atoms with E-state index in [1.165, 1.54) is 22.2 Å². The molecule has 4 rings (SSSR count). The van der Waals surface area contributed by atoms with Crippen LogP contribution in [0.2, 0.25) is 0 Å². The topological polar surface area (TPSA) is 64.3 Å². The molecule has 2 aliphatic rings. The SMILES string of the molecule is CC1CCc2c(sc3nc(SCC(C)(C)O)n(CC4CCCO4)c(=O)c23)C1. The molecule has 27 heavy (non-hydrogen) atoms. The highest BCUT2D eigenvalue weighted by molar-refractivity contribution is 7.99. The summed E-state index contributed by atoms with van der Waals surface area (Å²) < 4.78 is 7.59. The van der Waals surface area contributed by atoms with Gasteiger partial charge in [-0.05, 0) is 57.4 Å². The van der Waals surface area contributed by atoms with Gasteiger partial charge in [0.2, 0.25) is 0 Å². The summed E-state index contributed by atoms with van der Waals surface area (Å²) in [7, 11) is 0. The highest BCUT2D eigenvalue weighted by Gasteiger charge is 2.27. The van der Waals surface area contributed by atoms with E-state index in [2.05, 4.69) is 6.92 Å². The van der Waals surface area contributed by atoms with Gasteiger partial charge in [-0.2, -0.15) is 0 Å². The Balaban J connectivity index is 1.79. The summed E-state index contributed by atoms with van der Waals surface area (Å²) in [5.41, 5.74) is 0.488. The number of aromatic nitrogens is 2. The Hall–Kier alpha value is -0.890. The molecule has 3 heterocycles. The smallest absolute Gasteiger partial charge is 0.263 e. The average molecular weight is 409 g/mol. The van der Waals surface area contributed by atoms with E-state index in [-0.39, 0.29) is 11.7 Å². The second-order valence-electron chi connectivity index (χ2n) is 8.58. The van der Waals surface area contributed by atoms with Gasteiger partial charge in [0.1, 0.15) is 4.83 Å². The fourth-order valence-electron chi connectivity index (χ4n) is 3.91. The van der Waals surface area contributed by atoms with Crippen LogP contribution in [0.15, 0.2) is 9.95 Å². The van der Waals surface area contributed by atoms with Crippen LogP contribution < -0.4 is 5.56 Å². The maximum absolute atomic E-state index is 13.5. The van der Waals surface area contributed by atoms with Crippen molar-refractivity contribution in [3.63, 3.8) is 0 Å². The standard InChI is InChI=1S/C20H28N2O3S2/c1-12-6-7-14-15(9-12)27-17-16(14)18(23)22(10-13-5-4-8-25-13)19(21-17)26-11-20(2,3)24/h12-13,24H,4-11H2,1-3H3. The van der Waals surface area contributed by atoms with Crippen molar-refractivity contribution in [2.45, 2.75) is 76.3 Å². The molecule has 1 fully saturated rings. The Kier molecular flexibility index (Phi) is 5.40. The van der Waals surface area contributed by atoms with Crippen molar-refractivity contribution in [1.29, 1.82) is 0 Å². The summed E-state index contributed by atoms with van der Waals surface area (Å²) >= 11 is 3.15. The molecule has 1 saturated heterocycles. The lowest BCUT2D eigenvalue weighted by molar-refractivity contribution is 0.0936. The molecule has 0 radical (unpaired) electrons. The van der Waals surface area contributed by atoms with Crippen LogP contribution in [0, 0.1) is 5.92 Å². The molecule has 1 aliphatic carbocycles. The molecule has 7 heteroatoms. The van der Waals surface area contributed by atoms with Crippen LogP contribution in [0.4, 0.5) is 0 Å². The highest BCUT2D eigenvalue weighted by Crippen LogP contribution is 2.37. The number of aryl methyl sites for hydroxylation is 1. The van der Waals surface area contributed by atoms with Gasteiger partial charge in [0.25, 0.3) is 5.56 Å². The molecule has 1 aliphatic heterocycles. The maximum atomic E-state index is 13.5. The molecule has 0 bridgehead atoms. The maximum Gasteiger partial charge on any atom is 0.263 e. The molecule has 0 amide bonds. The molecule has 0 saturated carbocycles. The highest BCUT2D eigenvalue weighted by atomic mass is 32.2. The predicted molar refractivity (Wildman–Crippen MR) is 111 cm³/mol. The molecular weight excluding hydrogens is 380 g/mol. The summed E-state index contributed by atoms with van der Waals surface area (Å²) in [5, 5.41) is 11.7. The second-order valence-corrected chi connectivity index (χ2v) is 10.6. The van der Waals surface area contributed by atoms with Gasteiger partial charge in [0.05, 0.1) is 23.6 Å². The van der Waals surface area contributed by atoms with Gasteiger partial charge in [0.15, 0.2) is 5.16 Å². The zero-order valence-corrected chi connectivity index (χ0v) is 17.9. The molecule has 2 aromatic rings. The Bertz CT molecular complexity index is 891. The Labute approximate surface area is 168 Å². The lowest BCUT2D eigenvalue weighted by Gasteiger charge is -2.20. The third-order valence-electron chi connectivity index (χ3n) is 5.34. The van der Waals surface area contributed by atoms with E-state index < -0.39 is 5.60 Å². The fraction of sp³-hybridized carbons (Fsp3) is 0.700. The largest absolute Gasteiger partial charge is 0.390 e. The zero-order valence-electron chi connectivity index (χ0n) is 16.3. The minimum absolute atomic E-state index is 0.0702. The number of aliphatic hydroxyl groups is 1. The van der Waals surface area contributed by atoms with Crippen LogP contribution in [-0.2, 0) is 24.1 Å². The number of thiophene rings is 1. The minimum Gasteiger partial charge on any atom is -0.390 e. The molecule has 2 atom stereocenters. The van der Waals surface area contributed by atoms with Crippen molar-refractivity contribution in [1.82, 2.24) is 9.55 Å². The van der Waals surface area contributed by atoms with Crippen LogP contribution in [0.1, 0.15) is 50.5 Å². The van der Waals surface area contributed by atoms with Gasteiger partial charge in [-0.3, -0.25) is 9.36 Å². The fourth-order valence-corrected chi connectivity index (χ4v) is 6.29. The number of rotatable bonds is 5. The first-order chi connectivity index (χ1) is 12.8. The van der Waals surface area contributed by atoms with Crippen LogP contribution >= 0.6 is 23.1 Å². The van der Waals surface area contributed by atoms with E-state index in [1.807, 2.05) is 0 Å². The van der Waals surface area contributed by atoms with E-state index >= 15 is 0 Å². The Morgan fingerprint density at radius 2 is 2.22 bits per heavy atom. The molecule has 0 spiro atoms. The van der Waals surface area contributed by atoms with Gasteiger partial charge >= 0.3 is 0 Å². The summed E-state index contributed by atoms with van der Waals surface area (Å²) in [6.45, 7) is 7.17. The lowest BCUT2D eigenvalue weighted by atomic mass is 9.89. The minimum atomic E-state index is -0.809. The number of ether oxygens (including phenoxy) is 1. The van der Waals surface area contributed by atoms with Crippen LogP contribution in [0.25, 0.3) is 10.2 Å². The van der Waals surface area contributed by atoms with Gasteiger partial charge in [-0.1, -0.05) is 18.7 Å². The van der Waals surface area contributed by atoms with E-state index in [9.17, 15) is 9.90 Å². The zero-order chi connectivity index (χ0) is 19.2. The van der Waals surface area contributed by atoms with E-state index in [4.69, 9.17) is 9.72 Å². The van der Waals surface area contributed by atoms with Crippen molar-refractivity contribution in [3.8, 4) is 0 Å². The van der Waals surface area contributed by atoms with Crippen LogP contribution in [0.3, 0.4) is 0 Å². The van der Waals surface area contributed by atoms with Gasteiger partial charge in [-0.15, -0.1) is 11.3 Å². The molecular formula is C20H28N2O3S2. The summed E-state index contributed by atoms with van der Waals surface area (Å²) in [5.74, 6) is 1.17.